The summed E-state index contributed by atoms with van der Waals surface area (Å²) in [4.78, 5) is 13.8. The minimum atomic E-state index is -0.715. The summed E-state index contributed by atoms with van der Waals surface area (Å²) < 4.78 is 9.98. The number of hydrogen-bond acceptors (Lipinski definition) is 11. The van der Waals surface area contributed by atoms with Gasteiger partial charge in [0.15, 0.2) is 28.7 Å². The maximum atomic E-state index is 10.2. The van der Waals surface area contributed by atoms with Crippen molar-refractivity contribution in [2.45, 2.75) is 88.8 Å². The van der Waals surface area contributed by atoms with Gasteiger partial charge < -0.3 is 20.3 Å². The molecule has 2 aliphatic carbocycles. The van der Waals surface area contributed by atoms with E-state index < -0.39 is 11.5 Å². The average molecular weight is 625 g/mol. The van der Waals surface area contributed by atoms with Crippen LogP contribution in [0.3, 0.4) is 0 Å². The van der Waals surface area contributed by atoms with Crippen LogP contribution in [-0.4, -0.2) is 64.3 Å². The molecule has 1 aliphatic heterocycles. The van der Waals surface area contributed by atoms with E-state index in [0.717, 1.165) is 80.2 Å². The predicted molar refractivity (Wildman–Crippen MR) is 169 cm³/mol. The molecule has 6 heterocycles. The number of anilines is 1. The number of thiophene rings is 1. The molecule has 232 valence electrons. The van der Waals surface area contributed by atoms with Gasteiger partial charge >= 0.3 is 0 Å². The Balaban J connectivity index is 1.32. The zero-order valence-electron chi connectivity index (χ0n) is 25.7. The van der Waals surface area contributed by atoms with E-state index in [2.05, 4.69) is 35.2 Å². The summed E-state index contributed by atoms with van der Waals surface area (Å²) >= 11 is 1.54. The van der Waals surface area contributed by atoms with Crippen molar-refractivity contribution in [2.75, 3.05) is 19.3 Å². The Bertz CT molecular complexity index is 1970. The quantitative estimate of drug-likeness (QED) is 0.277. The lowest BCUT2D eigenvalue weighted by Crippen LogP contribution is -2.35. The third-order valence-corrected chi connectivity index (χ3v) is 11.4. The Labute approximate surface area is 264 Å². The first-order valence-electron chi connectivity index (χ1n) is 15.8. The van der Waals surface area contributed by atoms with E-state index in [1.54, 1.807) is 23.9 Å². The third-order valence-electron chi connectivity index (χ3n) is 10.3. The molecule has 0 saturated carbocycles. The van der Waals surface area contributed by atoms with Gasteiger partial charge in [0.25, 0.3) is 0 Å². The third kappa shape index (κ3) is 4.19. The summed E-state index contributed by atoms with van der Waals surface area (Å²) in [6.07, 6.45) is 10.5. The molecule has 13 heteroatoms. The number of aliphatic hydroxyl groups is 1. The first kappa shape index (κ1) is 28.4. The first-order valence-corrected chi connectivity index (χ1v) is 16.6. The van der Waals surface area contributed by atoms with Crippen LogP contribution < -0.4 is 5.73 Å². The smallest absolute Gasteiger partial charge is 0.186 e. The molecule has 4 atom stereocenters. The summed E-state index contributed by atoms with van der Waals surface area (Å²) in [6, 6.07) is 4.61. The van der Waals surface area contributed by atoms with Crippen LogP contribution in [0.4, 0.5) is 5.00 Å². The van der Waals surface area contributed by atoms with Crippen LogP contribution in [0.2, 0.25) is 0 Å². The van der Waals surface area contributed by atoms with Gasteiger partial charge in [-0.05, 0) is 90.4 Å². The fourth-order valence-electron chi connectivity index (χ4n) is 8.09. The standard InChI is InChI=1S/C32H36N10O2S/c1-17(23-8-6-13-40(23)3)42-31-21(16-35-42)30(41-14-10-22(38-41)18(2)43)36-29(37-31)26-19-7-4-11-32(27(19)44-39-26)12-5-9-24-25(32)20(15-33)28(34)45-24/h10,14,16-18,23,43H,4-9,11-13,34H2,1-3H3/t17-,18-,23-,32-/m0/s1. The Hall–Kier alpha value is -4.12. The lowest BCUT2D eigenvalue weighted by atomic mass is 9.63. The number of aliphatic hydroxyl groups excluding tert-OH is 1. The van der Waals surface area contributed by atoms with E-state index in [-0.39, 0.29) is 6.04 Å². The molecule has 5 aromatic heterocycles. The minimum absolute atomic E-state index is 0.0832. The molecule has 1 spiro atoms. The van der Waals surface area contributed by atoms with Crippen LogP contribution >= 0.6 is 11.3 Å². The number of nitrogen functional groups attached to an aromatic ring is 1. The van der Waals surface area contributed by atoms with Gasteiger partial charge in [0.05, 0.1) is 40.4 Å². The molecule has 3 aliphatic rings. The van der Waals surface area contributed by atoms with E-state index >= 15 is 0 Å². The normalized spacial score (nSPS) is 22.9. The number of nitrogens with zero attached hydrogens (tertiary/aromatic N) is 9. The number of likely N-dealkylation sites (N-methyl/N-ethyl adjacent to an activating group) is 1. The van der Waals surface area contributed by atoms with Crippen molar-refractivity contribution >= 4 is 27.4 Å². The van der Waals surface area contributed by atoms with Crippen LogP contribution in [0.25, 0.3) is 28.4 Å². The van der Waals surface area contributed by atoms with Gasteiger partial charge in [-0.1, -0.05) is 5.16 Å². The summed E-state index contributed by atoms with van der Waals surface area (Å²) in [7, 11) is 2.17. The van der Waals surface area contributed by atoms with Crippen molar-refractivity contribution in [3.8, 4) is 23.4 Å². The van der Waals surface area contributed by atoms with Crippen molar-refractivity contribution < 1.29 is 9.63 Å². The fourth-order valence-corrected chi connectivity index (χ4v) is 9.25. The van der Waals surface area contributed by atoms with Gasteiger partial charge in [0, 0.05) is 22.7 Å². The molecule has 0 aromatic carbocycles. The SMILES string of the molecule is C[C@H](O)c1ccn(-c2nc(-c3noc4c3CCC[C@@]43CCCc4sc(N)c(C#N)c43)nc3c2cnn3[C@@H](C)[C@@H]2CCCN2C)n1. The van der Waals surface area contributed by atoms with Crippen LogP contribution in [0, 0.1) is 11.3 Å². The summed E-state index contributed by atoms with van der Waals surface area (Å²) in [6.45, 7) is 4.95. The maximum absolute atomic E-state index is 10.2. The summed E-state index contributed by atoms with van der Waals surface area (Å²) in [5.41, 5.74) is 10.4. The van der Waals surface area contributed by atoms with Crippen LogP contribution in [0.5, 0.6) is 0 Å². The molecule has 45 heavy (non-hydrogen) atoms. The average Bonchev–Trinajstić information content (AvgIpc) is 3.86. The Kier molecular flexibility index (Phi) is 6.60. The van der Waals surface area contributed by atoms with Gasteiger partial charge in [0.1, 0.15) is 11.1 Å². The molecular formula is C32H36N10O2S. The van der Waals surface area contributed by atoms with Gasteiger partial charge in [0.2, 0.25) is 0 Å². The van der Waals surface area contributed by atoms with Crippen molar-refractivity contribution in [1.82, 2.24) is 39.6 Å². The molecule has 1 fully saturated rings. The van der Waals surface area contributed by atoms with Crippen molar-refractivity contribution in [3.05, 3.63) is 51.5 Å². The molecule has 5 aromatic rings. The first-order chi connectivity index (χ1) is 21.8. The molecule has 0 radical (unpaired) electrons. The number of rotatable bonds is 5. The Morgan fingerprint density at radius 1 is 1.20 bits per heavy atom. The van der Waals surface area contributed by atoms with Crippen LogP contribution in [-0.2, 0) is 18.3 Å². The Morgan fingerprint density at radius 3 is 2.76 bits per heavy atom. The highest BCUT2D eigenvalue weighted by atomic mass is 32.1. The van der Waals surface area contributed by atoms with Crippen molar-refractivity contribution in [2.24, 2.45) is 0 Å². The molecule has 0 unspecified atom stereocenters. The lowest BCUT2D eigenvalue weighted by Gasteiger charge is -2.39. The number of aryl methyl sites for hydroxylation is 1. The van der Waals surface area contributed by atoms with Crippen molar-refractivity contribution in [3.63, 3.8) is 0 Å². The minimum Gasteiger partial charge on any atom is -0.389 e. The van der Waals surface area contributed by atoms with Gasteiger partial charge in [-0.2, -0.15) is 15.5 Å². The topological polar surface area (TPSA) is 161 Å². The highest BCUT2D eigenvalue weighted by Gasteiger charge is 2.49. The summed E-state index contributed by atoms with van der Waals surface area (Å²) in [5, 5.41) is 35.8. The second-order valence-electron chi connectivity index (χ2n) is 12.9. The highest BCUT2D eigenvalue weighted by Crippen LogP contribution is 2.55. The van der Waals surface area contributed by atoms with E-state index in [1.807, 2.05) is 10.9 Å². The van der Waals surface area contributed by atoms with E-state index in [9.17, 15) is 10.4 Å². The number of fused-ring (bicyclic) bond motifs is 5. The van der Waals surface area contributed by atoms with Gasteiger partial charge in [-0.25, -0.2) is 19.3 Å². The Morgan fingerprint density at radius 2 is 2.02 bits per heavy atom. The second-order valence-corrected chi connectivity index (χ2v) is 14.0. The lowest BCUT2D eigenvalue weighted by molar-refractivity contribution is 0.193. The molecular weight excluding hydrogens is 588 g/mol. The van der Waals surface area contributed by atoms with Crippen LogP contribution in [0.1, 0.15) is 97.5 Å². The molecule has 0 bridgehead atoms. The summed E-state index contributed by atoms with van der Waals surface area (Å²) in [5.74, 6) is 1.83. The van der Waals surface area contributed by atoms with Gasteiger partial charge in [-0.3, -0.25) is 0 Å². The van der Waals surface area contributed by atoms with E-state index in [1.165, 1.54) is 16.2 Å². The highest BCUT2D eigenvalue weighted by molar-refractivity contribution is 7.16. The maximum Gasteiger partial charge on any atom is 0.186 e. The number of nitriles is 1. The zero-order chi connectivity index (χ0) is 31.0. The number of aromatic nitrogens is 7. The van der Waals surface area contributed by atoms with Gasteiger partial charge in [-0.15, -0.1) is 11.3 Å². The monoisotopic (exact) mass is 624 g/mol. The molecule has 3 N–H and O–H groups in total. The number of hydrogen-bond donors (Lipinski definition) is 2. The zero-order valence-corrected chi connectivity index (χ0v) is 26.5. The number of likely N-dealkylation sites (tertiary alicyclic amines) is 1. The molecule has 8 rings (SSSR count). The van der Waals surface area contributed by atoms with Crippen molar-refractivity contribution in [1.29, 1.82) is 5.26 Å². The molecule has 1 saturated heterocycles. The fraction of sp³-hybridized carbons (Fsp3) is 0.500. The molecule has 0 amide bonds. The van der Waals surface area contributed by atoms with Crippen LogP contribution in [0.15, 0.2) is 23.0 Å². The van der Waals surface area contributed by atoms with E-state index in [0.29, 0.717) is 45.3 Å². The number of nitrogens with two attached hydrogens (primary N) is 1. The second kappa shape index (κ2) is 10.5. The predicted octanol–water partition coefficient (Wildman–Crippen LogP) is 4.85. The van der Waals surface area contributed by atoms with E-state index in [4.69, 9.17) is 25.3 Å². The molecule has 12 nitrogen and oxygen atoms in total. The largest absolute Gasteiger partial charge is 0.389 e.